The minimum atomic E-state index is -3.57. The van der Waals surface area contributed by atoms with E-state index in [1.165, 1.54) is 11.3 Å². The van der Waals surface area contributed by atoms with Gasteiger partial charge in [-0.1, -0.05) is 0 Å². The number of hydrogen-bond donors (Lipinski definition) is 2. The zero-order valence-corrected chi connectivity index (χ0v) is 14.8. The van der Waals surface area contributed by atoms with Crippen molar-refractivity contribution in [1.82, 2.24) is 20.0 Å². The molecule has 0 aromatic carbocycles. The third kappa shape index (κ3) is 4.30. The molecule has 6 nitrogen and oxygen atoms in total. The molecule has 0 spiro atoms. The van der Waals surface area contributed by atoms with E-state index in [2.05, 4.69) is 35.9 Å². The first kappa shape index (κ1) is 16.5. The van der Waals surface area contributed by atoms with E-state index in [1.807, 2.05) is 7.05 Å². The molecule has 2 heterocycles. The molecule has 0 radical (unpaired) electrons. The number of aryl methyl sites for hydroxylation is 1. The molecule has 0 saturated heterocycles. The van der Waals surface area contributed by atoms with Gasteiger partial charge in [0.2, 0.25) is 10.0 Å². The average Bonchev–Trinajstić information content (AvgIpc) is 2.79. The summed E-state index contributed by atoms with van der Waals surface area (Å²) in [7, 11) is -1.76. The van der Waals surface area contributed by atoms with Gasteiger partial charge in [0, 0.05) is 17.6 Å². The van der Waals surface area contributed by atoms with Gasteiger partial charge in [-0.2, -0.15) is 0 Å². The Morgan fingerprint density at radius 3 is 2.81 bits per heavy atom. The Bertz CT molecular complexity index is 731. The molecule has 0 atom stereocenters. The van der Waals surface area contributed by atoms with Gasteiger partial charge >= 0.3 is 0 Å². The number of hydrogen-bond acceptors (Lipinski definition) is 6. The molecule has 0 fully saturated rings. The highest BCUT2D eigenvalue weighted by molar-refractivity contribution is 9.11. The van der Waals surface area contributed by atoms with Gasteiger partial charge in [-0.05, 0) is 42.0 Å². The Kier molecular flexibility index (Phi) is 5.44. The van der Waals surface area contributed by atoms with Gasteiger partial charge in [0.05, 0.1) is 16.0 Å². The van der Waals surface area contributed by atoms with Crippen LogP contribution in [0.5, 0.6) is 0 Å². The van der Waals surface area contributed by atoms with Gasteiger partial charge in [-0.15, -0.1) is 11.3 Å². The zero-order valence-electron chi connectivity index (χ0n) is 11.6. The average molecular weight is 391 g/mol. The summed E-state index contributed by atoms with van der Waals surface area (Å²) in [6.45, 7) is 2.52. The molecule has 0 saturated carbocycles. The first-order valence-corrected chi connectivity index (χ1v) is 9.22. The Balaban J connectivity index is 2.15. The maximum Gasteiger partial charge on any atom is 0.242 e. The monoisotopic (exact) mass is 390 g/mol. The van der Waals surface area contributed by atoms with Crippen LogP contribution in [0, 0.1) is 6.92 Å². The highest BCUT2D eigenvalue weighted by Crippen LogP contribution is 2.31. The van der Waals surface area contributed by atoms with Gasteiger partial charge in [-0.3, -0.25) is 0 Å². The molecule has 9 heteroatoms. The maximum absolute atomic E-state index is 12.3. The van der Waals surface area contributed by atoms with Crippen molar-refractivity contribution in [2.45, 2.75) is 24.9 Å². The van der Waals surface area contributed by atoms with Crippen molar-refractivity contribution >= 4 is 37.3 Å². The summed E-state index contributed by atoms with van der Waals surface area (Å²) >= 11 is 4.71. The summed E-state index contributed by atoms with van der Waals surface area (Å²) < 4.78 is 27.8. The quantitative estimate of drug-likeness (QED) is 0.785. The maximum atomic E-state index is 12.3. The molecule has 2 aromatic rings. The lowest BCUT2D eigenvalue weighted by Gasteiger charge is -2.05. The Morgan fingerprint density at radius 2 is 2.14 bits per heavy atom. The third-order valence-electron chi connectivity index (χ3n) is 2.62. The van der Waals surface area contributed by atoms with Crippen LogP contribution in [0.2, 0.25) is 0 Å². The highest BCUT2D eigenvalue weighted by Gasteiger charge is 2.20. The molecule has 0 aliphatic rings. The number of thiophene rings is 1. The molecule has 0 aliphatic carbocycles. The zero-order chi connectivity index (χ0) is 15.5. The summed E-state index contributed by atoms with van der Waals surface area (Å²) in [5, 5.41) is 3.00. The van der Waals surface area contributed by atoms with Crippen molar-refractivity contribution < 1.29 is 8.42 Å². The van der Waals surface area contributed by atoms with E-state index in [1.54, 1.807) is 25.3 Å². The van der Waals surface area contributed by atoms with E-state index >= 15 is 0 Å². The van der Waals surface area contributed by atoms with E-state index in [0.29, 0.717) is 21.8 Å². The third-order valence-corrected chi connectivity index (χ3v) is 6.28. The number of sulfonamides is 1. The van der Waals surface area contributed by atoms with E-state index in [0.717, 1.165) is 4.88 Å². The van der Waals surface area contributed by atoms with Gasteiger partial charge < -0.3 is 5.32 Å². The first-order chi connectivity index (χ1) is 9.92. The number of rotatable bonds is 6. The second-order valence-electron chi connectivity index (χ2n) is 4.30. The van der Waals surface area contributed by atoms with Crippen molar-refractivity contribution in [3.8, 4) is 0 Å². The summed E-state index contributed by atoms with van der Waals surface area (Å²) in [4.78, 5) is 9.35. The van der Waals surface area contributed by atoms with E-state index in [-0.39, 0.29) is 11.4 Å². The molecule has 2 rings (SSSR count). The second kappa shape index (κ2) is 6.93. The van der Waals surface area contributed by atoms with E-state index in [9.17, 15) is 8.42 Å². The number of nitrogens with zero attached hydrogens (tertiary/aromatic N) is 2. The Labute approximate surface area is 136 Å². The van der Waals surface area contributed by atoms with Crippen molar-refractivity contribution in [1.29, 1.82) is 0 Å². The molecule has 21 heavy (non-hydrogen) atoms. The second-order valence-corrected chi connectivity index (χ2v) is 8.49. The Morgan fingerprint density at radius 1 is 1.38 bits per heavy atom. The number of halogens is 1. The summed E-state index contributed by atoms with van der Waals surface area (Å²) in [6, 6.07) is 3.35. The summed E-state index contributed by atoms with van der Waals surface area (Å²) in [6.07, 6.45) is 1.61. The SMILES string of the molecule is CNCc1cc(S(=O)(=O)NCc2ccnc(C)n2)c(Br)s1. The van der Waals surface area contributed by atoms with Crippen LogP contribution in [0.3, 0.4) is 0 Å². The fourth-order valence-electron chi connectivity index (χ4n) is 1.69. The van der Waals surface area contributed by atoms with Crippen molar-refractivity contribution in [3.05, 3.63) is 38.5 Å². The number of aromatic nitrogens is 2. The molecule has 0 amide bonds. The molecule has 2 aromatic heterocycles. The lowest BCUT2D eigenvalue weighted by molar-refractivity contribution is 0.580. The van der Waals surface area contributed by atoms with Crippen molar-refractivity contribution in [2.75, 3.05) is 7.05 Å². The molecule has 0 bridgehead atoms. The standard InChI is InChI=1S/C12H15BrN4O2S2/c1-8-15-4-3-9(17-8)6-16-21(18,19)11-5-10(7-14-2)20-12(11)13/h3-5,14,16H,6-7H2,1-2H3. The van der Waals surface area contributed by atoms with E-state index in [4.69, 9.17) is 0 Å². The van der Waals surface area contributed by atoms with E-state index < -0.39 is 10.0 Å². The van der Waals surface area contributed by atoms with Crippen LogP contribution >= 0.6 is 27.3 Å². The van der Waals surface area contributed by atoms with Crippen LogP contribution in [0.4, 0.5) is 0 Å². The normalized spacial score (nSPS) is 11.8. The molecule has 114 valence electrons. The van der Waals surface area contributed by atoms with Gasteiger partial charge in [0.15, 0.2) is 0 Å². The molecule has 2 N–H and O–H groups in total. The van der Waals surface area contributed by atoms with Gasteiger partial charge in [0.25, 0.3) is 0 Å². The largest absolute Gasteiger partial charge is 0.315 e. The predicted molar refractivity (Wildman–Crippen MR) is 85.6 cm³/mol. The van der Waals surface area contributed by atoms with Crippen molar-refractivity contribution in [3.63, 3.8) is 0 Å². The van der Waals surface area contributed by atoms with Crippen LogP contribution < -0.4 is 10.0 Å². The highest BCUT2D eigenvalue weighted by atomic mass is 79.9. The molecule has 0 unspecified atom stereocenters. The van der Waals surface area contributed by atoms with Crippen LogP contribution in [0.1, 0.15) is 16.4 Å². The summed E-state index contributed by atoms with van der Waals surface area (Å²) in [5.41, 5.74) is 0.632. The molecular formula is C12H15BrN4O2S2. The van der Waals surface area contributed by atoms with Crippen LogP contribution in [0.25, 0.3) is 0 Å². The van der Waals surface area contributed by atoms with Crippen LogP contribution in [-0.2, 0) is 23.1 Å². The first-order valence-electron chi connectivity index (χ1n) is 6.13. The predicted octanol–water partition coefficient (Wildman–Crippen LogP) is 1.81. The smallest absolute Gasteiger partial charge is 0.242 e. The van der Waals surface area contributed by atoms with Gasteiger partial charge in [0.1, 0.15) is 10.7 Å². The fourth-order valence-corrected chi connectivity index (χ4v) is 5.38. The topological polar surface area (TPSA) is 84.0 Å². The fraction of sp³-hybridized carbons (Fsp3) is 0.333. The van der Waals surface area contributed by atoms with Gasteiger partial charge in [-0.25, -0.2) is 23.1 Å². The Hall–Kier alpha value is -0.870. The minimum Gasteiger partial charge on any atom is -0.315 e. The molecule has 0 aliphatic heterocycles. The molecular weight excluding hydrogens is 376 g/mol. The number of nitrogens with one attached hydrogen (secondary N) is 2. The lowest BCUT2D eigenvalue weighted by Crippen LogP contribution is -2.23. The van der Waals surface area contributed by atoms with Crippen molar-refractivity contribution in [2.24, 2.45) is 0 Å². The van der Waals surface area contributed by atoms with Crippen LogP contribution in [0.15, 0.2) is 27.0 Å². The summed E-state index contributed by atoms with van der Waals surface area (Å²) in [5.74, 6) is 0.611. The van der Waals surface area contributed by atoms with Crippen LogP contribution in [-0.4, -0.2) is 25.4 Å². The lowest BCUT2D eigenvalue weighted by atomic mass is 10.4. The minimum absolute atomic E-state index is 0.134.